The minimum atomic E-state index is 0.137. The van der Waals surface area contributed by atoms with Crippen LogP contribution in [0.15, 0.2) is 54.6 Å². The van der Waals surface area contributed by atoms with Gasteiger partial charge in [-0.2, -0.15) is 0 Å². The summed E-state index contributed by atoms with van der Waals surface area (Å²) in [5.41, 5.74) is 7.35. The monoisotopic (exact) mass is 392 g/mol. The number of hydrogen-bond donors (Lipinski definition) is 0. The molecule has 0 aliphatic heterocycles. The summed E-state index contributed by atoms with van der Waals surface area (Å²) in [5, 5.41) is 0. The van der Waals surface area contributed by atoms with E-state index in [1.165, 1.54) is 81.8 Å². The lowest BCUT2D eigenvalue weighted by molar-refractivity contribution is 0.481. The van der Waals surface area contributed by atoms with Crippen molar-refractivity contribution < 1.29 is 0 Å². The normalized spacial score (nSPS) is 20.4. The standard InChI is InChI=1S/C27H37P/c1-22(21-24-15-11-12-20-27(24)23-13-5-2-6-14-23)28(25-16-7-3-8-17-25)26-18-9-4-10-19-26/h2,5-6,11-15,20,22,25-26H,3-4,7-10,16-19,21H2,1H3. The van der Waals surface area contributed by atoms with Gasteiger partial charge in [-0.15, -0.1) is 0 Å². The van der Waals surface area contributed by atoms with Crippen molar-refractivity contribution in [2.24, 2.45) is 0 Å². The Balaban J connectivity index is 1.56. The molecular formula is C27H37P. The van der Waals surface area contributed by atoms with Crippen LogP contribution in [0.3, 0.4) is 0 Å². The maximum Gasteiger partial charge on any atom is -0.0152 e. The van der Waals surface area contributed by atoms with Crippen molar-refractivity contribution in [1.82, 2.24) is 0 Å². The Kier molecular flexibility index (Phi) is 7.25. The van der Waals surface area contributed by atoms with E-state index in [-0.39, 0.29) is 7.92 Å². The molecular weight excluding hydrogens is 355 g/mol. The van der Waals surface area contributed by atoms with Gasteiger partial charge in [-0.05, 0) is 65.8 Å². The summed E-state index contributed by atoms with van der Waals surface area (Å²) >= 11 is 0. The van der Waals surface area contributed by atoms with Gasteiger partial charge >= 0.3 is 0 Å². The molecule has 1 unspecified atom stereocenters. The molecule has 150 valence electrons. The highest BCUT2D eigenvalue weighted by Gasteiger charge is 2.34. The van der Waals surface area contributed by atoms with Crippen LogP contribution < -0.4 is 0 Å². The average molecular weight is 393 g/mol. The smallest absolute Gasteiger partial charge is 0.0152 e. The molecule has 0 spiro atoms. The number of hydrogen-bond acceptors (Lipinski definition) is 0. The molecule has 0 bridgehead atoms. The van der Waals surface area contributed by atoms with Crippen molar-refractivity contribution in [2.45, 2.75) is 94.5 Å². The predicted molar refractivity (Wildman–Crippen MR) is 126 cm³/mol. The van der Waals surface area contributed by atoms with E-state index in [9.17, 15) is 0 Å². The minimum Gasteiger partial charge on any atom is -0.0971 e. The molecule has 28 heavy (non-hydrogen) atoms. The van der Waals surface area contributed by atoms with Gasteiger partial charge in [-0.3, -0.25) is 0 Å². The van der Waals surface area contributed by atoms with Crippen molar-refractivity contribution in [3.05, 3.63) is 60.2 Å². The van der Waals surface area contributed by atoms with E-state index in [4.69, 9.17) is 0 Å². The molecule has 0 aromatic heterocycles. The molecule has 2 saturated carbocycles. The maximum absolute atomic E-state index is 2.61. The Morgan fingerprint density at radius 3 is 1.86 bits per heavy atom. The van der Waals surface area contributed by atoms with E-state index < -0.39 is 0 Å². The molecule has 1 atom stereocenters. The highest BCUT2D eigenvalue weighted by Crippen LogP contribution is 2.59. The predicted octanol–water partition coefficient (Wildman–Crippen LogP) is 8.43. The third-order valence-electron chi connectivity index (χ3n) is 7.12. The fraction of sp³-hybridized carbons (Fsp3) is 0.556. The lowest BCUT2D eigenvalue weighted by Gasteiger charge is -2.42. The number of benzene rings is 2. The molecule has 0 amide bonds. The summed E-state index contributed by atoms with van der Waals surface area (Å²) in [6.07, 6.45) is 16.3. The van der Waals surface area contributed by atoms with Gasteiger partial charge in [0.1, 0.15) is 0 Å². The highest BCUT2D eigenvalue weighted by atomic mass is 31.1. The van der Waals surface area contributed by atoms with Gasteiger partial charge in [0.2, 0.25) is 0 Å². The van der Waals surface area contributed by atoms with Gasteiger partial charge in [0.25, 0.3) is 0 Å². The van der Waals surface area contributed by atoms with Crippen molar-refractivity contribution in [1.29, 1.82) is 0 Å². The molecule has 2 aliphatic rings. The molecule has 2 fully saturated rings. The Morgan fingerprint density at radius 1 is 0.714 bits per heavy atom. The molecule has 1 heteroatoms. The first kappa shape index (κ1) is 20.2. The summed E-state index contributed by atoms with van der Waals surface area (Å²) in [7, 11) is 0.137. The van der Waals surface area contributed by atoms with Crippen LogP contribution in [0, 0.1) is 0 Å². The van der Waals surface area contributed by atoms with Crippen LogP contribution in [0.5, 0.6) is 0 Å². The minimum absolute atomic E-state index is 0.137. The van der Waals surface area contributed by atoms with Gasteiger partial charge in [-0.25, -0.2) is 0 Å². The highest BCUT2D eigenvalue weighted by molar-refractivity contribution is 7.59. The second-order valence-corrected chi connectivity index (χ2v) is 12.3. The lowest BCUT2D eigenvalue weighted by Crippen LogP contribution is -2.26. The second kappa shape index (κ2) is 10.1. The first-order chi connectivity index (χ1) is 13.8. The second-order valence-electron chi connectivity index (χ2n) is 9.11. The summed E-state index contributed by atoms with van der Waals surface area (Å²) in [6, 6.07) is 20.2. The van der Waals surface area contributed by atoms with Crippen molar-refractivity contribution >= 4 is 7.92 Å². The van der Waals surface area contributed by atoms with Gasteiger partial charge in [-0.1, -0.05) is 108 Å². The van der Waals surface area contributed by atoms with Crippen LogP contribution in [-0.2, 0) is 6.42 Å². The molecule has 2 aliphatic carbocycles. The van der Waals surface area contributed by atoms with Gasteiger partial charge in [0.15, 0.2) is 0 Å². The van der Waals surface area contributed by atoms with Gasteiger partial charge in [0, 0.05) is 0 Å². The molecule has 0 heterocycles. The summed E-state index contributed by atoms with van der Waals surface area (Å²) in [5.74, 6) is 0. The van der Waals surface area contributed by atoms with Crippen molar-refractivity contribution in [2.75, 3.05) is 0 Å². The largest absolute Gasteiger partial charge is 0.0971 e. The van der Waals surface area contributed by atoms with Gasteiger partial charge < -0.3 is 0 Å². The van der Waals surface area contributed by atoms with Crippen molar-refractivity contribution in [3.8, 4) is 11.1 Å². The van der Waals surface area contributed by atoms with Crippen LogP contribution in [-0.4, -0.2) is 17.0 Å². The van der Waals surface area contributed by atoms with Crippen molar-refractivity contribution in [3.63, 3.8) is 0 Å². The fourth-order valence-corrected chi connectivity index (χ4v) is 10.2. The molecule has 2 aromatic carbocycles. The molecule has 2 aromatic rings. The third-order valence-corrected chi connectivity index (χ3v) is 11.0. The van der Waals surface area contributed by atoms with Crippen LogP contribution >= 0.6 is 7.92 Å². The van der Waals surface area contributed by atoms with E-state index in [0.29, 0.717) is 0 Å². The topological polar surface area (TPSA) is 0 Å². The zero-order valence-electron chi connectivity index (χ0n) is 17.7. The molecule has 0 N–H and O–H groups in total. The maximum atomic E-state index is 2.61. The fourth-order valence-electron chi connectivity index (χ4n) is 5.80. The third kappa shape index (κ3) is 4.88. The first-order valence-corrected chi connectivity index (χ1v) is 13.3. The zero-order valence-corrected chi connectivity index (χ0v) is 18.5. The molecule has 0 nitrogen and oxygen atoms in total. The average Bonchev–Trinajstić information content (AvgIpc) is 2.76. The van der Waals surface area contributed by atoms with E-state index in [1.54, 1.807) is 5.56 Å². The Bertz CT molecular complexity index is 692. The van der Waals surface area contributed by atoms with Crippen LogP contribution in [0.4, 0.5) is 0 Å². The molecule has 0 radical (unpaired) electrons. The number of rotatable bonds is 6. The van der Waals surface area contributed by atoms with E-state index in [1.807, 2.05) is 0 Å². The lowest BCUT2D eigenvalue weighted by atomic mass is 9.97. The van der Waals surface area contributed by atoms with Crippen LogP contribution in [0.1, 0.15) is 76.7 Å². The summed E-state index contributed by atoms with van der Waals surface area (Å²) < 4.78 is 0. The zero-order chi connectivity index (χ0) is 19.2. The SMILES string of the molecule is CC(Cc1ccccc1-c1ccccc1)P(C1CCCCC1)C1CCCCC1. The van der Waals surface area contributed by atoms with E-state index in [2.05, 4.69) is 61.5 Å². The van der Waals surface area contributed by atoms with Gasteiger partial charge in [0.05, 0.1) is 0 Å². The first-order valence-electron chi connectivity index (χ1n) is 11.7. The van der Waals surface area contributed by atoms with E-state index in [0.717, 1.165) is 17.0 Å². The van der Waals surface area contributed by atoms with E-state index >= 15 is 0 Å². The molecule has 0 saturated heterocycles. The van der Waals surface area contributed by atoms with Crippen LogP contribution in [0.25, 0.3) is 11.1 Å². The molecule has 4 rings (SSSR count). The Morgan fingerprint density at radius 2 is 1.25 bits per heavy atom. The summed E-state index contributed by atoms with van der Waals surface area (Å²) in [6.45, 7) is 2.61. The van der Waals surface area contributed by atoms with Crippen LogP contribution in [0.2, 0.25) is 0 Å². The quantitative estimate of drug-likeness (QED) is 0.433. The summed E-state index contributed by atoms with van der Waals surface area (Å²) in [4.78, 5) is 0. The Hall–Kier alpha value is -1.13. The Labute approximate surface area is 173 Å².